The van der Waals surface area contributed by atoms with Gasteiger partial charge in [0.2, 0.25) is 0 Å². The highest BCUT2D eigenvalue weighted by Gasteiger charge is 2.41. The zero-order chi connectivity index (χ0) is 48.6. The predicted octanol–water partition coefficient (Wildman–Crippen LogP) is 19.6. The summed E-state index contributed by atoms with van der Waals surface area (Å²) in [5.41, 5.74) is 26.8. The van der Waals surface area contributed by atoms with Crippen LogP contribution in [0, 0.1) is 27.7 Å². The fourth-order valence-corrected chi connectivity index (χ4v) is 11.2. The second-order valence-electron chi connectivity index (χ2n) is 19.6. The van der Waals surface area contributed by atoms with Crippen molar-refractivity contribution in [1.29, 1.82) is 0 Å². The summed E-state index contributed by atoms with van der Waals surface area (Å²) in [6, 6.07) is 85.9. The number of rotatable bonds is 12. The molecule has 10 aromatic rings. The Bertz CT molecular complexity index is 3110. The molecule has 10 aromatic carbocycles. The van der Waals surface area contributed by atoms with E-state index in [4.69, 9.17) is 0 Å². The molecule has 0 fully saturated rings. The smallest absolute Gasteiger partial charge is 0.0465 e. The highest BCUT2D eigenvalue weighted by Crippen LogP contribution is 2.56. The van der Waals surface area contributed by atoms with Crippen molar-refractivity contribution in [1.82, 2.24) is 0 Å². The lowest BCUT2D eigenvalue weighted by atomic mass is 9.73. The summed E-state index contributed by atoms with van der Waals surface area (Å²) in [4.78, 5) is 4.88. The lowest BCUT2D eigenvalue weighted by molar-refractivity contribution is 0.490. The van der Waals surface area contributed by atoms with E-state index in [1.807, 2.05) is 0 Å². The zero-order valence-electron chi connectivity index (χ0n) is 41.7. The first-order chi connectivity index (χ1) is 34.7. The van der Waals surface area contributed by atoms with Crippen molar-refractivity contribution >= 4 is 34.1 Å². The van der Waals surface area contributed by atoms with Gasteiger partial charge in [0.1, 0.15) is 0 Å². The molecule has 0 bridgehead atoms. The van der Waals surface area contributed by atoms with Gasteiger partial charge >= 0.3 is 0 Å². The first-order valence-electron chi connectivity index (χ1n) is 25.3. The lowest BCUT2D eigenvalue weighted by Crippen LogP contribution is -2.24. The molecule has 71 heavy (non-hydrogen) atoms. The lowest BCUT2D eigenvalue weighted by Gasteiger charge is -2.33. The number of benzene rings is 10. The van der Waals surface area contributed by atoms with Crippen LogP contribution in [0.2, 0.25) is 0 Å². The van der Waals surface area contributed by atoms with E-state index in [1.165, 1.54) is 89.0 Å². The molecule has 11 rings (SSSR count). The van der Waals surface area contributed by atoms with Crippen LogP contribution in [0.5, 0.6) is 0 Å². The van der Waals surface area contributed by atoms with Crippen LogP contribution in [0.15, 0.2) is 231 Å². The molecule has 0 radical (unpaired) electrons. The highest BCUT2D eigenvalue weighted by atomic mass is 15.1. The summed E-state index contributed by atoms with van der Waals surface area (Å²) in [6.07, 6.45) is 1.95. The Kier molecular flexibility index (Phi) is 12.1. The maximum absolute atomic E-state index is 2.50. The monoisotopic (exact) mass is 916 g/mol. The molecule has 0 aromatic heterocycles. The molecule has 0 aliphatic heterocycles. The summed E-state index contributed by atoms with van der Waals surface area (Å²) < 4.78 is 0. The van der Waals surface area contributed by atoms with Crippen LogP contribution in [-0.4, -0.2) is 0 Å². The summed E-state index contributed by atoms with van der Waals surface area (Å²) >= 11 is 0. The Morgan fingerprint density at radius 1 is 0.268 bits per heavy atom. The molecule has 0 heterocycles. The Morgan fingerprint density at radius 3 is 0.761 bits per heavy atom. The zero-order valence-corrected chi connectivity index (χ0v) is 41.7. The Labute approximate surface area is 421 Å². The van der Waals surface area contributed by atoms with Gasteiger partial charge in [-0.1, -0.05) is 194 Å². The van der Waals surface area contributed by atoms with Gasteiger partial charge in [-0.25, -0.2) is 0 Å². The Morgan fingerprint density at radius 2 is 0.521 bits per heavy atom. The van der Waals surface area contributed by atoms with Gasteiger partial charge in [0.15, 0.2) is 0 Å². The van der Waals surface area contributed by atoms with E-state index in [1.54, 1.807) is 0 Å². The van der Waals surface area contributed by atoms with Crippen LogP contribution in [0.25, 0.3) is 55.6 Å². The van der Waals surface area contributed by atoms with Gasteiger partial charge in [0.25, 0.3) is 0 Å². The van der Waals surface area contributed by atoms with Crippen LogP contribution in [0.4, 0.5) is 34.1 Å². The minimum Gasteiger partial charge on any atom is -0.310 e. The first kappa shape index (κ1) is 45.3. The van der Waals surface area contributed by atoms with Gasteiger partial charge in [-0.05, 0) is 180 Å². The van der Waals surface area contributed by atoms with Crippen molar-refractivity contribution in [3.8, 4) is 55.6 Å². The minimum absolute atomic E-state index is 0.192. The molecule has 1 aliphatic rings. The predicted molar refractivity (Wildman–Crippen MR) is 303 cm³/mol. The summed E-state index contributed by atoms with van der Waals surface area (Å²) in [5.74, 6) is 0. The van der Waals surface area contributed by atoms with E-state index in [2.05, 4.69) is 282 Å². The van der Waals surface area contributed by atoms with Gasteiger partial charge in [0.05, 0.1) is 0 Å². The van der Waals surface area contributed by atoms with E-state index in [0.29, 0.717) is 0 Å². The molecular formula is C69H60N2. The third-order valence-corrected chi connectivity index (χ3v) is 15.0. The summed E-state index contributed by atoms with van der Waals surface area (Å²) in [6.45, 7) is 13.4. The first-order valence-corrected chi connectivity index (χ1v) is 25.3. The molecule has 0 spiro atoms. The van der Waals surface area contributed by atoms with E-state index in [9.17, 15) is 0 Å². The molecule has 0 unspecified atom stereocenters. The fraction of sp³-hybridized carbons (Fsp3) is 0.130. The second-order valence-corrected chi connectivity index (χ2v) is 19.6. The quantitative estimate of drug-likeness (QED) is 0.120. The molecule has 2 heteroatoms. The van der Waals surface area contributed by atoms with Gasteiger partial charge in [-0.15, -0.1) is 0 Å². The van der Waals surface area contributed by atoms with Crippen LogP contribution in [0.1, 0.15) is 60.1 Å². The van der Waals surface area contributed by atoms with Gasteiger partial charge < -0.3 is 9.80 Å². The number of nitrogens with zero attached hydrogens (tertiary/aromatic N) is 2. The van der Waals surface area contributed by atoms with E-state index >= 15 is 0 Å². The third-order valence-electron chi connectivity index (χ3n) is 15.0. The van der Waals surface area contributed by atoms with Crippen molar-refractivity contribution in [2.24, 2.45) is 0 Å². The van der Waals surface area contributed by atoms with E-state index in [-0.39, 0.29) is 5.41 Å². The van der Waals surface area contributed by atoms with Crippen LogP contribution in [-0.2, 0) is 5.41 Å². The topological polar surface area (TPSA) is 6.48 Å². The molecule has 346 valence electrons. The van der Waals surface area contributed by atoms with Crippen molar-refractivity contribution in [2.45, 2.75) is 59.8 Å². The summed E-state index contributed by atoms with van der Waals surface area (Å²) in [7, 11) is 0. The normalized spacial score (nSPS) is 12.3. The van der Waals surface area contributed by atoms with Crippen molar-refractivity contribution in [3.05, 3.63) is 264 Å². The molecule has 0 amide bonds. The van der Waals surface area contributed by atoms with E-state index < -0.39 is 0 Å². The molecule has 0 atom stereocenters. The number of hydrogen-bond acceptors (Lipinski definition) is 2. The summed E-state index contributed by atoms with van der Waals surface area (Å²) in [5, 5.41) is 0. The molecular weight excluding hydrogens is 857 g/mol. The molecule has 0 saturated heterocycles. The van der Waals surface area contributed by atoms with Gasteiger partial charge in [-0.2, -0.15) is 0 Å². The van der Waals surface area contributed by atoms with Crippen molar-refractivity contribution in [3.63, 3.8) is 0 Å². The fourth-order valence-electron chi connectivity index (χ4n) is 11.2. The van der Waals surface area contributed by atoms with Crippen LogP contribution in [0.3, 0.4) is 0 Å². The van der Waals surface area contributed by atoms with Gasteiger partial charge in [-0.3, -0.25) is 0 Å². The molecule has 2 nitrogen and oxygen atoms in total. The Hall–Kier alpha value is -8.20. The average Bonchev–Trinajstić information content (AvgIpc) is 3.68. The van der Waals surface area contributed by atoms with Crippen LogP contribution >= 0.6 is 0 Å². The third kappa shape index (κ3) is 8.65. The number of aryl methyl sites for hydroxylation is 4. The van der Waals surface area contributed by atoms with Crippen LogP contribution < -0.4 is 9.80 Å². The number of hydrogen-bond donors (Lipinski definition) is 0. The Balaban J connectivity index is 1.01. The minimum atomic E-state index is -0.192. The number of fused-ring (bicyclic) bond motifs is 3. The number of anilines is 6. The molecule has 1 aliphatic carbocycles. The SMILES string of the molecule is CCC1(CC)c2cc(N(c3ccc(-c4cccc(C)c4)cc3)c3ccc(-c4cccc(C)c4)cc3)ccc2-c2ccc(N(c3ccc(-c4cccc(C)c4)cc3)c3ccc(-c4cccc(C)c4)cc3)cc21. The maximum atomic E-state index is 2.50. The standard InChI is InChI=1S/C69H60N2/c1-7-69(8-2)67-45-63(70(59-29-21-51(22-30-59)55-17-9-13-47(3)41-55)60-31-23-52(24-32-60)56-18-10-14-48(4)42-56)37-39-65(67)66-40-38-64(46-68(66)69)71(61-33-25-53(26-34-61)57-19-11-15-49(5)43-57)62-35-27-54(28-36-62)58-20-12-16-50(6)44-58/h9-46H,7-8H2,1-6H3. The highest BCUT2D eigenvalue weighted by molar-refractivity contribution is 5.90. The average molecular weight is 917 g/mol. The van der Waals surface area contributed by atoms with Crippen molar-refractivity contribution < 1.29 is 0 Å². The second kappa shape index (κ2) is 18.9. The molecule has 0 saturated carbocycles. The van der Waals surface area contributed by atoms with Crippen molar-refractivity contribution in [2.75, 3.05) is 9.80 Å². The van der Waals surface area contributed by atoms with E-state index in [0.717, 1.165) is 47.0 Å². The largest absolute Gasteiger partial charge is 0.310 e. The maximum Gasteiger partial charge on any atom is 0.0465 e. The van der Waals surface area contributed by atoms with Gasteiger partial charge in [0, 0.05) is 39.5 Å². The molecule has 0 N–H and O–H groups in total.